The van der Waals surface area contributed by atoms with Crippen molar-refractivity contribution in [2.75, 3.05) is 7.05 Å². The second kappa shape index (κ2) is 6.36. The maximum Gasteiger partial charge on any atom is 0.0719 e. The van der Waals surface area contributed by atoms with Crippen molar-refractivity contribution in [1.29, 1.82) is 0 Å². The van der Waals surface area contributed by atoms with Gasteiger partial charge in [-0.1, -0.05) is 31.5 Å². The van der Waals surface area contributed by atoms with Gasteiger partial charge in [0.05, 0.1) is 5.52 Å². The zero-order chi connectivity index (χ0) is 13.8. The van der Waals surface area contributed by atoms with Crippen LogP contribution in [0.25, 0.3) is 10.9 Å². The number of rotatable bonds is 5. The van der Waals surface area contributed by atoms with Crippen molar-refractivity contribution < 1.29 is 0 Å². The van der Waals surface area contributed by atoms with Gasteiger partial charge in [0.25, 0.3) is 0 Å². The minimum Gasteiger partial charge on any atom is -0.317 e. The number of halogens is 1. The molecule has 1 heterocycles. The number of benzene rings is 1. The van der Waals surface area contributed by atoms with E-state index in [1.165, 1.54) is 17.4 Å². The molecule has 1 atom stereocenters. The van der Waals surface area contributed by atoms with E-state index < -0.39 is 0 Å². The predicted octanol–water partition coefficient (Wildman–Crippen LogP) is 4.06. The van der Waals surface area contributed by atoms with E-state index in [4.69, 9.17) is 11.6 Å². The standard InChI is InChI=1S/C16H21ClN2/c1-11(2)8-14(18-3)9-12-6-7-19-16-10-13(17)4-5-15(12)16/h4-7,10-11,14,18H,8-9H2,1-3H3. The van der Waals surface area contributed by atoms with E-state index >= 15 is 0 Å². The molecule has 0 amide bonds. The van der Waals surface area contributed by atoms with E-state index in [9.17, 15) is 0 Å². The minimum atomic E-state index is 0.501. The van der Waals surface area contributed by atoms with Crippen LogP contribution in [0.3, 0.4) is 0 Å². The fourth-order valence-electron chi connectivity index (χ4n) is 2.50. The van der Waals surface area contributed by atoms with Gasteiger partial charge in [-0.2, -0.15) is 0 Å². The average molecular weight is 277 g/mol. The lowest BCUT2D eigenvalue weighted by Gasteiger charge is -2.19. The van der Waals surface area contributed by atoms with Crippen molar-refractivity contribution >= 4 is 22.5 Å². The van der Waals surface area contributed by atoms with Crippen molar-refractivity contribution in [2.24, 2.45) is 5.92 Å². The van der Waals surface area contributed by atoms with Crippen LogP contribution in [0.4, 0.5) is 0 Å². The van der Waals surface area contributed by atoms with Crippen LogP contribution in [-0.2, 0) is 6.42 Å². The molecule has 0 bridgehead atoms. The average Bonchev–Trinajstić information content (AvgIpc) is 2.37. The molecule has 1 unspecified atom stereocenters. The maximum atomic E-state index is 6.02. The molecule has 0 fully saturated rings. The molecule has 0 saturated heterocycles. The summed E-state index contributed by atoms with van der Waals surface area (Å²) in [5.74, 6) is 0.694. The molecule has 1 aromatic heterocycles. The number of nitrogens with one attached hydrogen (secondary N) is 1. The van der Waals surface area contributed by atoms with E-state index in [0.29, 0.717) is 12.0 Å². The summed E-state index contributed by atoms with van der Waals surface area (Å²) >= 11 is 6.02. The van der Waals surface area contributed by atoms with Crippen molar-refractivity contribution in [3.63, 3.8) is 0 Å². The predicted molar refractivity (Wildman–Crippen MR) is 82.8 cm³/mol. The highest BCUT2D eigenvalue weighted by molar-refractivity contribution is 6.31. The minimum absolute atomic E-state index is 0.501. The van der Waals surface area contributed by atoms with Crippen LogP contribution < -0.4 is 5.32 Å². The Morgan fingerprint density at radius 2 is 2.05 bits per heavy atom. The first-order chi connectivity index (χ1) is 9.10. The van der Waals surface area contributed by atoms with E-state index in [-0.39, 0.29) is 0 Å². The Balaban J connectivity index is 2.29. The monoisotopic (exact) mass is 276 g/mol. The van der Waals surface area contributed by atoms with Gasteiger partial charge in [-0.3, -0.25) is 4.98 Å². The highest BCUT2D eigenvalue weighted by Gasteiger charge is 2.11. The quantitative estimate of drug-likeness (QED) is 0.891. The summed E-state index contributed by atoms with van der Waals surface area (Å²) in [7, 11) is 2.04. The van der Waals surface area contributed by atoms with Gasteiger partial charge >= 0.3 is 0 Å². The van der Waals surface area contributed by atoms with Gasteiger partial charge in [-0.15, -0.1) is 0 Å². The van der Waals surface area contributed by atoms with E-state index in [1.54, 1.807) is 0 Å². The first-order valence-corrected chi connectivity index (χ1v) is 7.18. The summed E-state index contributed by atoms with van der Waals surface area (Å²) in [6, 6.07) is 8.55. The molecule has 102 valence electrons. The van der Waals surface area contributed by atoms with Gasteiger partial charge in [0, 0.05) is 22.6 Å². The lowest BCUT2D eigenvalue weighted by atomic mass is 9.96. The molecule has 2 nitrogen and oxygen atoms in total. The highest BCUT2D eigenvalue weighted by Crippen LogP contribution is 2.22. The number of nitrogens with zero attached hydrogens (tertiary/aromatic N) is 1. The first-order valence-electron chi connectivity index (χ1n) is 6.80. The molecule has 0 aliphatic carbocycles. The third kappa shape index (κ3) is 3.68. The Hall–Kier alpha value is -1.12. The third-order valence-corrected chi connectivity index (χ3v) is 3.66. The van der Waals surface area contributed by atoms with Crippen LogP contribution in [0.5, 0.6) is 0 Å². The Morgan fingerprint density at radius 1 is 1.26 bits per heavy atom. The lowest BCUT2D eigenvalue weighted by molar-refractivity contribution is 0.442. The number of fused-ring (bicyclic) bond motifs is 1. The Morgan fingerprint density at radius 3 is 2.74 bits per heavy atom. The molecule has 1 N–H and O–H groups in total. The van der Waals surface area contributed by atoms with Gasteiger partial charge in [-0.25, -0.2) is 0 Å². The summed E-state index contributed by atoms with van der Waals surface area (Å²) < 4.78 is 0. The second-order valence-electron chi connectivity index (χ2n) is 5.45. The van der Waals surface area contributed by atoms with Gasteiger partial charge < -0.3 is 5.32 Å². The molecule has 2 rings (SSSR count). The van der Waals surface area contributed by atoms with Crippen LogP contribution in [-0.4, -0.2) is 18.1 Å². The Bertz CT molecular complexity index is 551. The van der Waals surface area contributed by atoms with E-state index in [1.807, 2.05) is 25.4 Å². The Kier molecular flexibility index (Phi) is 4.78. The zero-order valence-corrected chi connectivity index (χ0v) is 12.5. The number of likely N-dealkylation sites (N-methyl/N-ethyl adjacent to an activating group) is 1. The van der Waals surface area contributed by atoms with Crippen molar-refractivity contribution in [3.05, 3.63) is 41.0 Å². The van der Waals surface area contributed by atoms with Crippen molar-refractivity contribution in [1.82, 2.24) is 10.3 Å². The summed E-state index contributed by atoms with van der Waals surface area (Å²) in [5, 5.41) is 5.36. The lowest BCUT2D eigenvalue weighted by Crippen LogP contribution is -2.29. The SMILES string of the molecule is CNC(Cc1ccnc2cc(Cl)ccc12)CC(C)C. The van der Waals surface area contributed by atoms with Crippen LogP contribution >= 0.6 is 11.6 Å². The third-order valence-electron chi connectivity index (χ3n) is 3.43. The molecule has 0 aliphatic rings. The van der Waals surface area contributed by atoms with Crippen molar-refractivity contribution in [2.45, 2.75) is 32.7 Å². The molecule has 2 aromatic rings. The summed E-state index contributed by atoms with van der Waals surface area (Å²) in [6.07, 6.45) is 4.07. The Labute approximate surface area is 120 Å². The van der Waals surface area contributed by atoms with Crippen molar-refractivity contribution in [3.8, 4) is 0 Å². The highest BCUT2D eigenvalue weighted by atomic mass is 35.5. The number of pyridine rings is 1. The van der Waals surface area contributed by atoms with Gasteiger partial charge in [0.1, 0.15) is 0 Å². The topological polar surface area (TPSA) is 24.9 Å². The van der Waals surface area contributed by atoms with E-state index in [0.717, 1.165) is 17.0 Å². The first kappa shape index (κ1) is 14.3. The van der Waals surface area contributed by atoms with Crippen LogP contribution in [0, 0.1) is 5.92 Å². The molecular formula is C16H21ClN2. The number of hydrogen-bond donors (Lipinski definition) is 1. The second-order valence-corrected chi connectivity index (χ2v) is 5.89. The van der Waals surface area contributed by atoms with Crippen LogP contribution in [0.1, 0.15) is 25.8 Å². The fraction of sp³-hybridized carbons (Fsp3) is 0.438. The maximum absolute atomic E-state index is 6.02. The molecule has 0 saturated carbocycles. The summed E-state index contributed by atoms with van der Waals surface area (Å²) in [6.45, 7) is 4.52. The number of aromatic nitrogens is 1. The normalized spacial score (nSPS) is 13.1. The molecule has 0 radical (unpaired) electrons. The molecule has 3 heteroatoms. The van der Waals surface area contributed by atoms with Crippen LogP contribution in [0.15, 0.2) is 30.5 Å². The van der Waals surface area contributed by atoms with Crippen LogP contribution in [0.2, 0.25) is 5.02 Å². The molecule has 0 spiro atoms. The molecule has 0 aliphatic heterocycles. The fourth-order valence-corrected chi connectivity index (χ4v) is 2.66. The molecule has 1 aromatic carbocycles. The van der Waals surface area contributed by atoms with Gasteiger partial charge in [0.15, 0.2) is 0 Å². The smallest absolute Gasteiger partial charge is 0.0719 e. The summed E-state index contributed by atoms with van der Waals surface area (Å²) in [5.41, 5.74) is 2.31. The van der Waals surface area contributed by atoms with Gasteiger partial charge in [-0.05, 0) is 49.6 Å². The van der Waals surface area contributed by atoms with Gasteiger partial charge in [0.2, 0.25) is 0 Å². The zero-order valence-electron chi connectivity index (χ0n) is 11.8. The molecular weight excluding hydrogens is 256 g/mol. The largest absolute Gasteiger partial charge is 0.317 e. The van der Waals surface area contributed by atoms with E-state index in [2.05, 4.69) is 36.3 Å². The summed E-state index contributed by atoms with van der Waals surface area (Å²) in [4.78, 5) is 4.39. The number of hydrogen-bond acceptors (Lipinski definition) is 2. The molecule has 19 heavy (non-hydrogen) atoms.